The molecule has 0 spiro atoms. The van der Waals surface area contributed by atoms with E-state index in [9.17, 15) is 4.79 Å². The predicted octanol–water partition coefficient (Wildman–Crippen LogP) is 2.79. The monoisotopic (exact) mass is 397 g/mol. The third kappa shape index (κ3) is 2.93. The van der Waals surface area contributed by atoms with Crippen molar-refractivity contribution >= 4 is 28.6 Å². The molecule has 9 nitrogen and oxygen atoms in total. The average Bonchev–Trinajstić information content (AvgIpc) is 3.12. The lowest BCUT2D eigenvalue weighted by atomic mass is 10.1. The van der Waals surface area contributed by atoms with Crippen LogP contribution >= 0.6 is 0 Å². The van der Waals surface area contributed by atoms with Gasteiger partial charge in [-0.05, 0) is 32.4 Å². The Morgan fingerprint density at radius 3 is 2.34 bits per heavy atom. The van der Waals surface area contributed by atoms with Gasteiger partial charge in [-0.15, -0.1) is 0 Å². The molecule has 3 heterocycles. The van der Waals surface area contributed by atoms with Crippen LogP contribution in [-0.4, -0.2) is 53.4 Å². The Hall–Kier alpha value is -3.36. The Morgan fingerprint density at radius 1 is 1.00 bits per heavy atom. The summed E-state index contributed by atoms with van der Waals surface area (Å²) in [4.78, 5) is 28.2. The molecule has 0 N–H and O–H groups in total. The number of anilines is 2. The smallest absolute Gasteiger partial charge is 0.340 e. The van der Waals surface area contributed by atoms with Gasteiger partial charge >= 0.3 is 12.0 Å². The molecular formula is C20H23N5O4. The highest BCUT2D eigenvalue weighted by Crippen LogP contribution is 2.39. The predicted molar refractivity (Wildman–Crippen MR) is 107 cm³/mol. The van der Waals surface area contributed by atoms with Crippen LogP contribution in [0, 0.1) is 13.8 Å². The number of hydrogen-bond donors (Lipinski definition) is 0. The lowest BCUT2D eigenvalue weighted by Crippen LogP contribution is -2.30. The third-order valence-corrected chi connectivity index (χ3v) is 5.13. The minimum atomic E-state index is -0.405. The number of aryl methyl sites for hydroxylation is 3. The number of hydrogen-bond acceptors (Lipinski definition) is 8. The molecule has 0 amide bonds. The molecule has 1 aliphatic heterocycles. The third-order valence-electron chi connectivity index (χ3n) is 5.13. The second kappa shape index (κ2) is 7.23. The number of fused-ring (bicyclic) bond motifs is 3. The summed E-state index contributed by atoms with van der Waals surface area (Å²) in [5.41, 5.74) is 4.29. The van der Waals surface area contributed by atoms with E-state index in [1.807, 2.05) is 18.4 Å². The Balaban J connectivity index is 1.97. The molecular weight excluding hydrogens is 374 g/mol. The lowest BCUT2D eigenvalue weighted by Gasteiger charge is -2.31. The number of carbonyl (C=O) groups excluding carboxylic acids is 1. The fourth-order valence-electron chi connectivity index (χ4n) is 3.92. The van der Waals surface area contributed by atoms with E-state index in [1.54, 1.807) is 26.4 Å². The highest BCUT2D eigenvalue weighted by Gasteiger charge is 2.29. The topological polar surface area (TPSA) is 91.6 Å². The van der Waals surface area contributed by atoms with Gasteiger partial charge in [0, 0.05) is 13.1 Å². The van der Waals surface area contributed by atoms with Crippen molar-refractivity contribution in [3.63, 3.8) is 0 Å². The first-order valence-electron chi connectivity index (χ1n) is 9.32. The first-order chi connectivity index (χ1) is 14.0. The molecule has 3 aromatic rings. The fourth-order valence-corrected chi connectivity index (χ4v) is 3.92. The summed E-state index contributed by atoms with van der Waals surface area (Å²) in [5, 5.41) is 0. The first kappa shape index (κ1) is 19.0. The Morgan fingerprint density at radius 2 is 1.72 bits per heavy atom. The zero-order chi connectivity index (χ0) is 20.7. The Bertz CT molecular complexity index is 1080. The van der Waals surface area contributed by atoms with Crippen molar-refractivity contribution in [3.05, 3.63) is 29.1 Å². The van der Waals surface area contributed by atoms with Crippen molar-refractivity contribution in [2.24, 2.45) is 0 Å². The first-order valence-corrected chi connectivity index (χ1v) is 9.32. The van der Waals surface area contributed by atoms with Crippen LogP contribution < -0.4 is 14.4 Å². The van der Waals surface area contributed by atoms with E-state index in [2.05, 4.69) is 14.9 Å². The zero-order valence-electron chi connectivity index (χ0n) is 17.1. The van der Waals surface area contributed by atoms with Crippen LogP contribution in [0.1, 0.15) is 28.2 Å². The van der Waals surface area contributed by atoms with E-state index < -0.39 is 5.97 Å². The summed E-state index contributed by atoms with van der Waals surface area (Å²) in [7, 11) is 4.52. The maximum atomic E-state index is 12.4. The van der Waals surface area contributed by atoms with Gasteiger partial charge in [-0.1, -0.05) is 0 Å². The van der Waals surface area contributed by atoms with Crippen LogP contribution in [0.15, 0.2) is 12.1 Å². The number of benzene rings is 1. The molecule has 0 unspecified atom stereocenters. The quantitative estimate of drug-likeness (QED) is 0.621. The van der Waals surface area contributed by atoms with E-state index in [0.29, 0.717) is 28.4 Å². The van der Waals surface area contributed by atoms with Crippen LogP contribution in [0.4, 0.5) is 11.6 Å². The minimum Gasteiger partial charge on any atom is -0.494 e. The van der Waals surface area contributed by atoms with Gasteiger partial charge in [-0.25, -0.2) is 9.78 Å². The molecule has 1 aliphatic rings. The molecule has 0 aliphatic carbocycles. The molecule has 1 aromatic carbocycles. The molecule has 29 heavy (non-hydrogen) atoms. The number of carbonyl (C=O) groups is 1. The van der Waals surface area contributed by atoms with Gasteiger partial charge in [-0.3, -0.25) is 0 Å². The molecule has 0 saturated carbocycles. The summed E-state index contributed by atoms with van der Waals surface area (Å²) in [5.74, 6) is 0.924. The zero-order valence-corrected chi connectivity index (χ0v) is 17.1. The van der Waals surface area contributed by atoms with Crippen LogP contribution in [-0.2, 0) is 11.3 Å². The van der Waals surface area contributed by atoms with Crippen molar-refractivity contribution in [1.29, 1.82) is 0 Å². The molecule has 152 valence electrons. The second-order valence-corrected chi connectivity index (χ2v) is 6.80. The SMILES string of the molecule is COC(=O)c1ccc(OC)c2nc3n(c12)CCCN3c1c(C)nc(OC)nc1C. The summed E-state index contributed by atoms with van der Waals surface area (Å²) in [6.07, 6.45) is 0.876. The van der Waals surface area contributed by atoms with Gasteiger partial charge in [-0.2, -0.15) is 9.97 Å². The van der Waals surface area contributed by atoms with Crippen molar-refractivity contribution in [3.8, 4) is 11.8 Å². The molecule has 0 fully saturated rings. The summed E-state index contributed by atoms with van der Waals surface area (Å²) >= 11 is 0. The number of ether oxygens (including phenoxy) is 3. The fraction of sp³-hybridized carbons (Fsp3) is 0.400. The minimum absolute atomic E-state index is 0.337. The largest absolute Gasteiger partial charge is 0.494 e. The van der Waals surface area contributed by atoms with E-state index in [1.165, 1.54) is 7.11 Å². The van der Waals surface area contributed by atoms with E-state index in [0.717, 1.165) is 42.5 Å². The van der Waals surface area contributed by atoms with Gasteiger partial charge < -0.3 is 23.7 Å². The van der Waals surface area contributed by atoms with E-state index in [4.69, 9.17) is 19.2 Å². The van der Waals surface area contributed by atoms with Crippen LogP contribution in [0.25, 0.3) is 11.0 Å². The number of nitrogens with zero attached hydrogens (tertiary/aromatic N) is 5. The summed E-state index contributed by atoms with van der Waals surface area (Å²) in [6, 6.07) is 3.79. The normalized spacial score (nSPS) is 13.3. The Labute approximate surface area is 168 Å². The maximum absolute atomic E-state index is 12.4. The van der Waals surface area contributed by atoms with Gasteiger partial charge in [0.1, 0.15) is 11.3 Å². The lowest BCUT2D eigenvalue weighted by molar-refractivity contribution is 0.0602. The average molecular weight is 397 g/mol. The number of imidazole rings is 1. The molecule has 0 saturated heterocycles. The molecule has 2 aromatic heterocycles. The van der Waals surface area contributed by atoms with Gasteiger partial charge in [0.15, 0.2) is 0 Å². The number of rotatable bonds is 4. The number of aromatic nitrogens is 4. The molecule has 0 bridgehead atoms. The summed E-state index contributed by atoms with van der Waals surface area (Å²) < 4.78 is 17.7. The molecule has 9 heteroatoms. The number of esters is 1. The number of methoxy groups -OCH3 is 3. The van der Waals surface area contributed by atoms with Crippen LogP contribution in [0.3, 0.4) is 0 Å². The van der Waals surface area contributed by atoms with Crippen LogP contribution in [0.2, 0.25) is 0 Å². The van der Waals surface area contributed by atoms with E-state index in [-0.39, 0.29) is 0 Å². The second-order valence-electron chi connectivity index (χ2n) is 6.80. The van der Waals surface area contributed by atoms with Gasteiger partial charge in [0.25, 0.3) is 0 Å². The Kier molecular flexibility index (Phi) is 4.73. The van der Waals surface area contributed by atoms with Crippen molar-refractivity contribution in [2.45, 2.75) is 26.8 Å². The maximum Gasteiger partial charge on any atom is 0.340 e. The standard InChI is InChI=1S/C20H23N5O4/c1-11-16(12(2)22-19(21-11)29-5)24-9-6-10-25-17-13(18(26)28-4)7-8-14(27-3)15(17)23-20(24)25/h7-8H,6,9-10H2,1-5H3. The molecule has 4 rings (SSSR count). The van der Waals surface area contributed by atoms with Gasteiger partial charge in [0.2, 0.25) is 5.95 Å². The van der Waals surface area contributed by atoms with Crippen LogP contribution in [0.5, 0.6) is 11.8 Å². The summed E-state index contributed by atoms with van der Waals surface area (Å²) in [6.45, 7) is 5.34. The highest BCUT2D eigenvalue weighted by atomic mass is 16.5. The van der Waals surface area contributed by atoms with E-state index >= 15 is 0 Å². The van der Waals surface area contributed by atoms with Crippen molar-refractivity contribution < 1.29 is 19.0 Å². The highest BCUT2D eigenvalue weighted by molar-refractivity contribution is 6.04. The molecule has 0 radical (unpaired) electrons. The van der Waals surface area contributed by atoms with Crippen molar-refractivity contribution in [2.75, 3.05) is 32.8 Å². The van der Waals surface area contributed by atoms with Crippen molar-refractivity contribution in [1.82, 2.24) is 19.5 Å². The van der Waals surface area contributed by atoms with Gasteiger partial charge in [0.05, 0.1) is 49.5 Å². The molecule has 0 atom stereocenters.